The Labute approximate surface area is 146 Å². The average Bonchev–Trinajstić information content (AvgIpc) is 2.85. The minimum Gasteiger partial charge on any atom is -0.399 e. The topological polar surface area (TPSA) is 72.4 Å². The van der Waals surface area contributed by atoms with Gasteiger partial charge in [-0.25, -0.2) is 4.39 Å². The van der Waals surface area contributed by atoms with Crippen molar-refractivity contribution in [2.24, 2.45) is 0 Å². The first-order chi connectivity index (χ1) is 12.0. The van der Waals surface area contributed by atoms with Gasteiger partial charge in [0, 0.05) is 29.5 Å². The third kappa shape index (κ3) is 4.07. The number of nitrogens with two attached hydrogens (primary N) is 1. The van der Waals surface area contributed by atoms with Crippen LogP contribution in [0.3, 0.4) is 0 Å². The van der Waals surface area contributed by atoms with E-state index in [4.69, 9.17) is 5.73 Å². The lowest BCUT2D eigenvalue weighted by Crippen LogP contribution is -2.39. The average molecular weight is 343 g/mol. The Kier molecular flexibility index (Phi) is 5.16. The molecule has 2 aromatic carbocycles. The van der Waals surface area contributed by atoms with Crippen LogP contribution in [0.1, 0.15) is 32.1 Å². The molecule has 2 aliphatic rings. The summed E-state index contributed by atoms with van der Waals surface area (Å²) in [6, 6.07) is 14.5. The summed E-state index contributed by atoms with van der Waals surface area (Å²) in [6.45, 7) is 0. The number of anilines is 2. The second kappa shape index (κ2) is 7.51. The van der Waals surface area contributed by atoms with Crippen LogP contribution in [0.4, 0.5) is 21.5 Å². The molecule has 2 unspecified atom stereocenters. The van der Waals surface area contributed by atoms with Crippen LogP contribution >= 0.6 is 0 Å². The molecule has 2 bridgehead atoms. The Morgan fingerprint density at radius 2 is 1.68 bits per heavy atom. The Balaban J connectivity index is 0.000000160. The molecular formula is C19H22FN3O2. The monoisotopic (exact) mass is 343 g/mol. The molecule has 2 aliphatic heterocycles. The summed E-state index contributed by atoms with van der Waals surface area (Å²) in [5, 5.41) is 9.99. The van der Waals surface area contributed by atoms with Gasteiger partial charge in [0.2, 0.25) is 0 Å². The van der Waals surface area contributed by atoms with Gasteiger partial charge in [-0.1, -0.05) is 6.07 Å². The van der Waals surface area contributed by atoms with Gasteiger partial charge >= 0.3 is 0 Å². The fraction of sp³-hybridized carbons (Fsp3) is 0.368. The minimum atomic E-state index is -0.636. The van der Waals surface area contributed by atoms with Crippen LogP contribution < -0.4 is 10.6 Å². The number of benzene rings is 2. The molecular weight excluding hydrogens is 321 g/mol. The molecule has 0 aliphatic carbocycles. The van der Waals surface area contributed by atoms with E-state index in [2.05, 4.69) is 17.0 Å². The molecule has 132 valence electrons. The normalized spacial score (nSPS) is 21.4. The van der Waals surface area contributed by atoms with Crippen molar-refractivity contribution in [3.63, 3.8) is 0 Å². The van der Waals surface area contributed by atoms with Crippen LogP contribution in [-0.4, -0.2) is 17.0 Å². The summed E-state index contributed by atoms with van der Waals surface area (Å²) in [7, 11) is 0. The van der Waals surface area contributed by atoms with Gasteiger partial charge in [-0.3, -0.25) is 10.1 Å². The third-order valence-electron chi connectivity index (χ3n) is 4.90. The molecule has 0 spiro atoms. The highest BCUT2D eigenvalue weighted by Crippen LogP contribution is 2.39. The lowest BCUT2D eigenvalue weighted by molar-refractivity contribution is -0.385. The molecule has 2 aromatic rings. The van der Waals surface area contributed by atoms with Crippen LogP contribution in [0.2, 0.25) is 0 Å². The number of piperidine rings is 1. The molecule has 2 saturated heterocycles. The number of fused-ring (bicyclic) bond motifs is 2. The van der Waals surface area contributed by atoms with E-state index >= 15 is 0 Å². The van der Waals surface area contributed by atoms with Crippen molar-refractivity contribution in [1.29, 1.82) is 0 Å². The van der Waals surface area contributed by atoms with E-state index in [9.17, 15) is 14.5 Å². The number of halogens is 1. The van der Waals surface area contributed by atoms with Crippen molar-refractivity contribution in [2.45, 2.75) is 44.2 Å². The Morgan fingerprint density at radius 1 is 1.04 bits per heavy atom. The predicted octanol–water partition coefficient (Wildman–Crippen LogP) is 4.52. The van der Waals surface area contributed by atoms with Crippen LogP contribution in [-0.2, 0) is 0 Å². The zero-order valence-corrected chi connectivity index (χ0v) is 14.0. The van der Waals surface area contributed by atoms with Gasteiger partial charge in [0.1, 0.15) is 5.82 Å². The van der Waals surface area contributed by atoms with Crippen molar-refractivity contribution in [2.75, 3.05) is 10.6 Å². The van der Waals surface area contributed by atoms with Crippen molar-refractivity contribution < 1.29 is 9.31 Å². The van der Waals surface area contributed by atoms with Crippen LogP contribution in [0, 0.1) is 15.9 Å². The Bertz CT molecular complexity index is 720. The summed E-state index contributed by atoms with van der Waals surface area (Å²) >= 11 is 0. The third-order valence-corrected chi connectivity index (χ3v) is 4.90. The fourth-order valence-corrected chi connectivity index (χ4v) is 3.77. The van der Waals surface area contributed by atoms with Gasteiger partial charge in [-0.15, -0.1) is 0 Å². The number of nitro groups is 1. The standard InChI is InChI=1S/C13H18N2.C6H4FNO2/c14-10-4-6-13(7-5-10)15-11-2-1-3-12(15)9-8-11;7-5-2-1-3-6(4-5)8(9)10/h4-7,11-12H,1-3,8-9,14H2;1-4H. The van der Waals surface area contributed by atoms with Gasteiger partial charge in [-0.2, -0.15) is 0 Å². The lowest BCUT2D eigenvalue weighted by atomic mass is 10.0. The van der Waals surface area contributed by atoms with E-state index in [1.165, 1.54) is 49.9 Å². The first-order valence-electron chi connectivity index (χ1n) is 8.58. The highest BCUT2D eigenvalue weighted by molar-refractivity contribution is 5.55. The summed E-state index contributed by atoms with van der Waals surface area (Å²) in [4.78, 5) is 12.0. The molecule has 25 heavy (non-hydrogen) atoms. The zero-order chi connectivity index (χ0) is 17.8. The zero-order valence-electron chi connectivity index (χ0n) is 14.0. The smallest absolute Gasteiger partial charge is 0.272 e. The van der Waals surface area contributed by atoms with E-state index in [0.717, 1.165) is 29.9 Å². The number of nitrogens with zero attached hydrogens (tertiary/aromatic N) is 2. The molecule has 2 heterocycles. The van der Waals surface area contributed by atoms with E-state index in [1.807, 2.05) is 12.1 Å². The summed E-state index contributed by atoms with van der Waals surface area (Å²) < 4.78 is 12.2. The maximum Gasteiger partial charge on any atom is 0.272 e. The van der Waals surface area contributed by atoms with E-state index in [-0.39, 0.29) is 5.69 Å². The van der Waals surface area contributed by atoms with Gasteiger partial charge in [0.15, 0.2) is 0 Å². The molecule has 6 heteroatoms. The molecule has 0 saturated carbocycles. The van der Waals surface area contributed by atoms with Crippen molar-refractivity contribution in [3.05, 3.63) is 64.5 Å². The molecule has 0 radical (unpaired) electrons. The number of nitrogen functional groups attached to an aromatic ring is 1. The van der Waals surface area contributed by atoms with Gasteiger partial charge in [-0.05, 0) is 62.4 Å². The number of rotatable bonds is 2. The first kappa shape index (κ1) is 17.2. The fourth-order valence-electron chi connectivity index (χ4n) is 3.77. The number of hydrogen-bond acceptors (Lipinski definition) is 4. The minimum absolute atomic E-state index is 0.222. The van der Waals surface area contributed by atoms with Crippen molar-refractivity contribution in [1.82, 2.24) is 0 Å². The number of hydrogen-bond donors (Lipinski definition) is 1. The van der Waals surface area contributed by atoms with Crippen molar-refractivity contribution >= 4 is 17.1 Å². The maximum absolute atomic E-state index is 12.2. The summed E-state index contributed by atoms with van der Waals surface area (Å²) in [6.07, 6.45) is 6.94. The second-order valence-corrected chi connectivity index (χ2v) is 6.55. The molecule has 2 atom stereocenters. The summed E-state index contributed by atoms with van der Waals surface area (Å²) in [5.74, 6) is -0.589. The highest BCUT2D eigenvalue weighted by Gasteiger charge is 2.36. The highest BCUT2D eigenvalue weighted by atomic mass is 19.1. The maximum atomic E-state index is 12.2. The first-order valence-corrected chi connectivity index (χ1v) is 8.58. The van der Waals surface area contributed by atoms with E-state index in [1.54, 1.807) is 0 Å². The molecule has 2 N–H and O–H groups in total. The summed E-state index contributed by atoms with van der Waals surface area (Å²) in [5.41, 5.74) is 7.74. The van der Waals surface area contributed by atoms with E-state index in [0.29, 0.717) is 0 Å². The number of non-ortho nitro benzene ring substituents is 1. The molecule has 0 aromatic heterocycles. The molecule has 2 fully saturated rings. The van der Waals surface area contributed by atoms with Crippen LogP contribution in [0.5, 0.6) is 0 Å². The molecule has 4 rings (SSSR count). The Morgan fingerprint density at radius 3 is 2.20 bits per heavy atom. The number of nitro benzene ring substituents is 1. The second-order valence-electron chi connectivity index (χ2n) is 6.55. The Hall–Kier alpha value is -2.63. The molecule has 5 nitrogen and oxygen atoms in total. The van der Waals surface area contributed by atoms with Gasteiger partial charge in [0.25, 0.3) is 5.69 Å². The quantitative estimate of drug-likeness (QED) is 0.494. The van der Waals surface area contributed by atoms with E-state index < -0.39 is 10.7 Å². The SMILES string of the molecule is Nc1ccc(N2C3CCCC2CC3)cc1.O=[N+]([O-])c1cccc(F)c1. The predicted molar refractivity (Wildman–Crippen MR) is 97.0 cm³/mol. The van der Waals surface area contributed by atoms with Crippen LogP contribution in [0.25, 0.3) is 0 Å². The van der Waals surface area contributed by atoms with Gasteiger partial charge < -0.3 is 10.6 Å². The molecule has 0 amide bonds. The van der Waals surface area contributed by atoms with Gasteiger partial charge in [0.05, 0.1) is 11.0 Å². The van der Waals surface area contributed by atoms with Crippen LogP contribution in [0.15, 0.2) is 48.5 Å². The van der Waals surface area contributed by atoms with Crippen molar-refractivity contribution in [3.8, 4) is 0 Å². The lowest BCUT2D eigenvalue weighted by Gasteiger charge is -2.36. The largest absolute Gasteiger partial charge is 0.399 e.